The van der Waals surface area contributed by atoms with Crippen LogP contribution in [-0.4, -0.2) is 6.29 Å². The largest absolute Gasteiger partial charge is 0.303 e. The number of benzene rings is 1. The number of carbonyl (C=O) groups is 1. The van der Waals surface area contributed by atoms with Crippen LogP contribution < -0.4 is 0 Å². The third kappa shape index (κ3) is 1.82. The predicted octanol–water partition coefficient (Wildman–Crippen LogP) is 2.63. The minimum absolute atomic E-state index is 0.0103. The topological polar surface area (TPSA) is 17.1 Å². The van der Waals surface area contributed by atoms with Crippen molar-refractivity contribution in [2.24, 2.45) is 0 Å². The molecule has 0 saturated heterocycles. The van der Waals surface area contributed by atoms with Gasteiger partial charge in [0.2, 0.25) is 0 Å². The van der Waals surface area contributed by atoms with Gasteiger partial charge in [-0.1, -0.05) is 43.8 Å². The summed E-state index contributed by atoms with van der Waals surface area (Å²) in [7, 11) is 0. The van der Waals surface area contributed by atoms with Gasteiger partial charge in [-0.15, -0.1) is 0 Å². The van der Waals surface area contributed by atoms with Gasteiger partial charge in [0.15, 0.2) is 0 Å². The van der Waals surface area contributed by atoms with E-state index in [4.69, 9.17) is 0 Å². The van der Waals surface area contributed by atoms with Gasteiger partial charge in [0.25, 0.3) is 0 Å². The van der Waals surface area contributed by atoms with Crippen molar-refractivity contribution in [2.45, 2.75) is 12.8 Å². The summed E-state index contributed by atoms with van der Waals surface area (Å²) in [5.74, 6) is -0.0103. The Morgan fingerprint density at radius 1 is 1.33 bits per heavy atom. The molecule has 0 bridgehead atoms. The summed E-state index contributed by atoms with van der Waals surface area (Å²) < 4.78 is 0. The standard InChI is InChI=1S/C11H12O/c1-3-10-4-6-11(7-5-10)9(2)8-12/h3-9H,1H2,2H3. The van der Waals surface area contributed by atoms with E-state index in [-0.39, 0.29) is 5.92 Å². The summed E-state index contributed by atoms with van der Waals surface area (Å²) >= 11 is 0. The van der Waals surface area contributed by atoms with Crippen molar-refractivity contribution in [3.8, 4) is 0 Å². The molecule has 1 atom stereocenters. The maximum absolute atomic E-state index is 10.4. The Balaban J connectivity index is 2.91. The summed E-state index contributed by atoms with van der Waals surface area (Å²) in [4.78, 5) is 10.4. The maximum atomic E-state index is 10.4. The van der Waals surface area contributed by atoms with Gasteiger partial charge in [0.05, 0.1) is 0 Å². The van der Waals surface area contributed by atoms with Crippen molar-refractivity contribution in [3.63, 3.8) is 0 Å². The van der Waals surface area contributed by atoms with Gasteiger partial charge in [0.1, 0.15) is 6.29 Å². The first-order valence-electron chi connectivity index (χ1n) is 3.95. The molecule has 1 aromatic carbocycles. The molecular formula is C11H12O. The normalized spacial score (nSPS) is 12.1. The molecule has 0 saturated carbocycles. The van der Waals surface area contributed by atoms with Gasteiger partial charge in [-0.25, -0.2) is 0 Å². The lowest BCUT2D eigenvalue weighted by Gasteiger charge is -2.03. The zero-order valence-electron chi connectivity index (χ0n) is 7.16. The van der Waals surface area contributed by atoms with Crippen LogP contribution in [0.2, 0.25) is 0 Å². The van der Waals surface area contributed by atoms with Gasteiger partial charge < -0.3 is 4.79 Å². The second-order valence-corrected chi connectivity index (χ2v) is 2.80. The van der Waals surface area contributed by atoms with E-state index in [0.717, 1.165) is 17.4 Å². The number of aldehydes is 1. The fourth-order valence-electron chi connectivity index (χ4n) is 1.01. The molecule has 0 aliphatic rings. The van der Waals surface area contributed by atoms with Crippen LogP contribution in [0.5, 0.6) is 0 Å². The summed E-state index contributed by atoms with van der Waals surface area (Å²) in [5.41, 5.74) is 2.13. The third-order valence-corrected chi connectivity index (χ3v) is 1.90. The van der Waals surface area contributed by atoms with Crippen LogP contribution in [0.15, 0.2) is 30.8 Å². The molecule has 0 amide bonds. The van der Waals surface area contributed by atoms with Crippen molar-refractivity contribution >= 4 is 12.4 Å². The van der Waals surface area contributed by atoms with Crippen LogP contribution in [0.1, 0.15) is 24.0 Å². The quantitative estimate of drug-likeness (QED) is 0.621. The van der Waals surface area contributed by atoms with Crippen molar-refractivity contribution in [2.75, 3.05) is 0 Å². The Morgan fingerprint density at radius 2 is 1.92 bits per heavy atom. The highest BCUT2D eigenvalue weighted by Crippen LogP contribution is 2.13. The number of hydrogen-bond acceptors (Lipinski definition) is 1. The first-order valence-corrected chi connectivity index (χ1v) is 3.95. The minimum atomic E-state index is -0.0103. The van der Waals surface area contributed by atoms with Gasteiger partial charge in [-0.2, -0.15) is 0 Å². The highest BCUT2D eigenvalue weighted by Gasteiger charge is 2.01. The molecule has 0 spiro atoms. The predicted molar refractivity (Wildman–Crippen MR) is 51.0 cm³/mol. The van der Waals surface area contributed by atoms with E-state index in [0.29, 0.717) is 0 Å². The second kappa shape index (κ2) is 3.86. The number of carbonyl (C=O) groups excluding carboxylic acids is 1. The van der Waals surface area contributed by atoms with Gasteiger partial charge in [0, 0.05) is 5.92 Å². The van der Waals surface area contributed by atoms with E-state index in [1.165, 1.54) is 0 Å². The minimum Gasteiger partial charge on any atom is -0.303 e. The van der Waals surface area contributed by atoms with Gasteiger partial charge in [-0.3, -0.25) is 0 Å². The lowest BCUT2D eigenvalue weighted by Crippen LogP contribution is -1.93. The lowest BCUT2D eigenvalue weighted by molar-refractivity contribution is -0.108. The van der Waals surface area contributed by atoms with Crippen LogP contribution in [0.25, 0.3) is 6.08 Å². The van der Waals surface area contributed by atoms with E-state index < -0.39 is 0 Å². The lowest BCUT2D eigenvalue weighted by atomic mass is 10.0. The molecule has 0 radical (unpaired) electrons. The Morgan fingerprint density at radius 3 is 2.33 bits per heavy atom. The third-order valence-electron chi connectivity index (χ3n) is 1.90. The molecule has 0 aliphatic heterocycles. The Bertz CT molecular complexity index is 272. The van der Waals surface area contributed by atoms with Crippen molar-refractivity contribution in [3.05, 3.63) is 42.0 Å². The fourth-order valence-corrected chi connectivity index (χ4v) is 1.01. The molecule has 0 N–H and O–H groups in total. The molecule has 1 nitrogen and oxygen atoms in total. The Hall–Kier alpha value is -1.37. The molecule has 1 rings (SSSR count). The van der Waals surface area contributed by atoms with Crippen LogP contribution in [0, 0.1) is 0 Å². The van der Waals surface area contributed by atoms with E-state index >= 15 is 0 Å². The molecule has 1 aromatic rings. The fraction of sp³-hybridized carbons (Fsp3) is 0.182. The number of rotatable bonds is 3. The monoisotopic (exact) mass is 160 g/mol. The van der Waals surface area contributed by atoms with Gasteiger partial charge in [-0.05, 0) is 11.1 Å². The number of hydrogen-bond donors (Lipinski definition) is 0. The molecule has 0 fully saturated rings. The van der Waals surface area contributed by atoms with E-state index in [1.807, 2.05) is 31.2 Å². The molecule has 0 heterocycles. The smallest absolute Gasteiger partial charge is 0.127 e. The van der Waals surface area contributed by atoms with E-state index in [2.05, 4.69) is 6.58 Å². The van der Waals surface area contributed by atoms with E-state index in [1.54, 1.807) is 6.08 Å². The maximum Gasteiger partial charge on any atom is 0.127 e. The average molecular weight is 160 g/mol. The molecule has 12 heavy (non-hydrogen) atoms. The van der Waals surface area contributed by atoms with Crippen LogP contribution >= 0.6 is 0 Å². The zero-order chi connectivity index (χ0) is 8.97. The summed E-state index contributed by atoms with van der Waals surface area (Å²) in [6.45, 7) is 5.54. The van der Waals surface area contributed by atoms with Crippen LogP contribution in [-0.2, 0) is 4.79 Å². The zero-order valence-corrected chi connectivity index (χ0v) is 7.16. The van der Waals surface area contributed by atoms with E-state index in [9.17, 15) is 4.79 Å². The molecule has 0 aliphatic carbocycles. The second-order valence-electron chi connectivity index (χ2n) is 2.80. The molecule has 62 valence electrons. The first-order chi connectivity index (χ1) is 5.77. The van der Waals surface area contributed by atoms with Crippen molar-refractivity contribution in [1.29, 1.82) is 0 Å². The summed E-state index contributed by atoms with van der Waals surface area (Å²) in [5, 5.41) is 0. The highest BCUT2D eigenvalue weighted by molar-refractivity contribution is 5.62. The van der Waals surface area contributed by atoms with Crippen LogP contribution in [0.3, 0.4) is 0 Å². The summed E-state index contributed by atoms with van der Waals surface area (Å²) in [6, 6.07) is 7.83. The SMILES string of the molecule is C=Cc1ccc(C(C)C=O)cc1. The van der Waals surface area contributed by atoms with Crippen molar-refractivity contribution in [1.82, 2.24) is 0 Å². The molecule has 1 heteroatoms. The van der Waals surface area contributed by atoms with Crippen molar-refractivity contribution < 1.29 is 4.79 Å². The van der Waals surface area contributed by atoms with Crippen LogP contribution in [0.4, 0.5) is 0 Å². The Labute approximate surface area is 72.7 Å². The molecule has 1 unspecified atom stereocenters. The summed E-state index contributed by atoms with van der Waals surface area (Å²) in [6.07, 6.45) is 2.73. The van der Waals surface area contributed by atoms with Gasteiger partial charge >= 0.3 is 0 Å². The first kappa shape index (κ1) is 8.72. The molecular weight excluding hydrogens is 148 g/mol. The Kier molecular flexibility index (Phi) is 2.81. The highest BCUT2D eigenvalue weighted by atomic mass is 16.1. The average Bonchev–Trinajstić information content (AvgIpc) is 2.17. The molecule has 0 aromatic heterocycles.